The first-order valence-electron chi connectivity index (χ1n) is 6.06. The Morgan fingerprint density at radius 2 is 2.38 bits per heavy atom. The molecule has 0 spiro atoms. The number of hydrogen-bond acceptors (Lipinski definition) is 2. The van der Waals surface area contributed by atoms with Crippen LogP contribution in [0.4, 0.5) is 5.69 Å². The van der Waals surface area contributed by atoms with E-state index < -0.39 is 0 Å². The van der Waals surface area contributed by atoms with E-state index in [2.05, 4.69) is 38.8 Å². The number of alkyl halides is 1. The number of piperidine rings is 1. The first kappa shape index (κ1) is 11.9. The lowest BCUT2D eigenvalue weighted by Gasteiger charge is -2.38. The zero-order valence-corrected chi connectivity index (χ0v) is 11.4. The van der Waals surface area contributed by atoms with Crippen molar-refractivity contribution in [2.24, 2.45) is 0 Å². The monoisotopic (exact) mass is 282 g/mol. The molecule has 3 heteroatoms. The van der Waals surface area contributed by atoms with Crippen LogP contribution in [-0.2, 0) is 0 Å². The molecule has 1 saturated heterocycles. The molecule has 0 bridgehead atoms. The van der Waals surface area contributed by atoms with Gasteiger partial charge in [-0.25, -0.2) is 0 Å². The van der Waals surface area contributed by atoms with E-state index in [0.717, 1.165) is 5.33 Å². The topological polar surface area (TPSA) is 16.1 Å². The molecule has 0 aromatic carbocycles. The number of rotatable bonds is 3. The highest BCUT2D eigenvalue weighted by Gasteiger charge is 2.22. The number of anilines is 1. The second kappa shape index (κ2) is 5.67. The Morgan fingerprint density at radius 3 is 3.12 bits per heavy atom. The molecule has 1 aromatic rings. The van der Waals surface area contributed by atoms with Crippen molar-refractivity contribution in [3.05, 3.63) is 24.0 Å². The Kier molecular flexibility index (Phi) is 4.22. The van der Waals surface area contributed by atoms with Crippen LogP contribution in [0, 0.1) is 6.92 Å². The van der Waals surface area contributed by atoms with Crippen molar-refractivity contribution in [1.82, 2.24) is 4.98 Å². The van der Waals surface area contributed by atoms with Gasteiger partial charge < -0.3 is 4.90 Å². The fourth-order valence-corrected chi connectivity index (χ4v) is 3.06. The summed E-state index contributed by atoms with van der Waals surface area (Å²) in [5, 5.41) is 1.10. The minimum atomic E-state index is 0.703. The number of halogens is 1. The summed E-state index contributed by atoms with van der Waals surface area (Å²) in [6.07, 6.45) is 9.13. The highest BCUT2D eigenvalue weighted by atomic mass is 79.9. The van der Waals surface area contributed by atoms with Crippen LogP contribution in [0.1, 0.15) is 31.2 Å². The molecule has 1 aliphatic rings. The van der Waals surface area contributed by atoms with Gasteiger partial charge in [0.15, 0.2) is 0 Å². The Balaban J connectivity index is 2.19. The summed E-state index contributed by atoms with van der Waals surface area (Å²) in [6.45, 7) is 3.35. The predicted octanol–water partition coefficient (Wildman–Crippen LogP) is 3.53. The van der Waals surface area contributed by atoms with Crippen molar-refractivity contribution >= 4 is 21.6 Å². The van der Waals surface area contributed by atoms with E-state index >= 15 is 0 Å². The van der Waals surface area contributed by atoms with Gasteiger partial charge in [-0.1, -0.05) is 15.9 Å². The Bertz CT molecular complexity index is 338. The molecule has 0 radical (unpaired) electrons. The second-order valence-corrected chi connectivity index (χ2v) is 5.28. The third-order valence-corrected chi connectivity index (χ3v) is 3.83. The molecule has 16 heavy (non-hydrogen) atoms. The average molecular weight is 283 g/mol. The van der Waals surface area contributed by atoms with Crippen LogP contribution < -0.4 is 4.90 Å². The zero-order valence-electron chi connectivity index (χ0n) is 9.82. The van der Waals surface area contributed by atoms with Gasteiger partial charge in [0.25, 0.3) is 0 Å². The van der Waals surface area contributed by atoms with Gasteiger partial charge in [0, 0.05) is 36.0 Å². The van der Waals surface area contributed by atoms with E-state index in [0.29, 0.717) is 6.04 Å². The molecule has 1 aromatic heterocycles. The fraction of sp³-hybridized carbons (Fsp3) is 0.615. The van der Waals surface area contributed by atoms with Gasteiger partial charge in [0.1, 0.15) is 0 Å². The van der Waals surface area contributed by atoms with E-state index in [1.165, 1.54) is 43.5 Å². The molecule has 88 valence electrons. The van der Waals surface area contributed by atoms with Crippen LogP contribution >= 0.6 is 15.9 Å². The van der Waals surface area contributed by atoms with Crippen molar-refractivity contribution in [1.29, 1.82) is 0 Å². The third-order valence-electron chi connectivity index (χ3n) is 3.37. The molecule has 2 rings (SSSR count). The molecular weight excluding hydrogens is 264 g/mol. The number of nitrogens with zero attached hydrogens (tertiary/aromatic N) is 2. The smallest absolute Gasteiger partial charge is 0.0429 e. The largest absolute Gasteiger partial charge is 0.368 e. The van der Waals surface area contributed by atoms with E-state index in [-0.39, 0.29) is 0 Å². The molecular formula is C13H19BrN2. The minimum absolute atomic E-state index is 0.703. The average Bonchev–Trinajstić information content (AvgIpc) is 2.31. The van der Waals surface area contributed by atoms with Crippen molar-refractivity contribution in [3.63, 3.8) is 0 Å². The molecule has 0 N–H and O–H groups in total. The van der Waals surface area contributed by atoms with Crippen molar-refractivity contribution in [3.8, 4) is 0 Å². The molecule has 2 heterocycles. The van der Waals surface area contributed by atoms with Crippen LogP contribution in [0.5, 0.6) is 0 Å². The quantitative estimate of drug-likeness (QED) is 0.789. The van der Waals surface area contributed by atoms with Gasteiger partial charge in [0.05, 0.1) is 0 Å². The maximum atomic E-state index is 4.17. The van der Waals surface area contributed by atoms with Gasteiger partial charge in [-0.2, -0.15) is 0 Å². The molecule has 1 atom stereocenters. The second-order valence-electron chi connectivity index (χ2n) is 4.48. The highest BCUT2D eigenvalue weighted by Crippen LogP contribution is 2.28. The van der Waals surface area contributed by atoms with Gasteiger partial charge >= 0.3 is 0 Å². The Morgan fingerprint density at radius 1 is 1.50 bits per heavy atom. The van der Waals surface area contributed by atoms with Gasteiger partial charge in [-0.05, 0) is 44.2 Å². The summed E-state index contributed by atoms with van der Waals surface area (Å²) in [6, 6.07) is 2.86. The van der Waals surface area contributed by atoms with E-state index in [1.54, 1.807) is 0 Å². The van der Waals surface area contributed by atoms with Crippen LogP contribution in [0.25, 0.3) is 0 Å². The summed E-state index contributed by atoms with van der Waals surface area (Å²) in [5.74, 6) is 0. The summed E-state index contributed by atoms with van der Waals surface area (Å²) < 4.78 is 0. The lowest BCUT2D eigenvalue weighted by molar-refractivity contribution is 0.452. The highest BCUT2D eigenvalue weighted by molar-refractivity contribution is 9.09. The van der Waals surface area contributed by atoms with Crippen LogP contribution in [0.15, 0.2) is 18.5 Å². The van der Waals surface area contributed by atoms with Gasteiger partial charge in [-0.15, -0.1) is 0 Å². The molecule has 0 amide bonds. The summed E-state index contributed by atoms with van der Waals surface area (Å²) in [5.41, 5.74) is 2.67. The van der Waals surface area contributed by atoms with Crippen LogP contribution in [0.3, 0.4) is 0 Å². The summed E-state index contributed by atoms with van der Waals surface area (Å²) in [7, 11) is 0. The maximum absolute atomic E-state index is 4.17. The number of aromatic nitrogens is 1. The first-order valence-corrected chi connectivity index (χ1v) is 7.18. The fourth-order valence-electron chi connectivity index (χ4n) is 2.53. The molecule has 2 nitrogen and oxygen atoms in total. The molecule has 0 aliphatic carbocycles. The lowest BCUT2D eigenvalue weighted by atomic mass is 9.98. The summed E-state index contributed by atoms with van der Waals surface area (Å²) in [4.78, 5) is 6.75. The van der Waals surface area contributed by atoms with Gasteiger partial charge in [-0.3, -0.25) is 4.98 Å². The van der Waals surface area contributed by atoms with Crippen molar-refractivity contribution in [2.75, 3.05) is 16.8 Å². The van der Waals surface area contributed by atoms with Crippen LogP contribution in [0.2, 0.25) is 0 Å². The lowest BCUT2D eigenvalue weighted by Crippen LogP contribution is -2.40. The molecule has 1 fully saturated rings. The third kappa shape index (κ3) is 2.57. The predicted molar refractivity (Wildman–Crippen MR) is 72.4 cm³/mol. The molecule has 1 aliphatic heterocycles. The standard InChI is InChI=1S/C13H19BrN2/c1-11-10-15-8-6-13(11)16-9-3-2-4-12(16)5-7-14/h6,8,10,12H,2-5,7,9H2,1H3. The van der Waals surface area contributed by atoms with Crippen molar-refractivity contribution in [2.45, 2.75) is 38.6 Å². The number of pyridine rings is 1. The van der Waals surface area contributed by atoms with E-state index in [1.807, 2.05) is 12.4 Å². The number of hydrogen-bond donors (Lipinski definition) is 0. The maximum Gasteiger partial charge on any atom is 0.0429 e. The van der Waals surface area contributed by atoms with E-state index in [4.69, 9.17) is 0 Å². The SMILES string of the molecule is Cc1cnccc1N1CCCCC1CCBr. The summed E-state index contributed by atoms with van der Waals surface area (Å²) >= 11 is 3.56. The Hall–Kier alpha value is -0.570. The molecule has 1 unspecified atom stereocenters. The minimum Gasteiger partial charge on any atom is -0.368 e. The first-order chi connectivity index (χ1) is 7.83. The zero-order chi connectivity index (χ0) is 11.4. The number of aryl methyl sites for hydroxylation is 1. The van der Waals surface area contributed by atoms with E-state index in [9.17, 15) is 0 Å². The molecule has 0 saturated carbocycles. The van der Waals surface area contributed by atoms with Crippen molar-refractivity contribution < 1.29 is 0 Å². The van der Waals surface area contributed by atoms with Gasteiger partial charge in [0.2, 0.25) is 0 Å². The van der Waals surface area contributed by atoms with Crippen LogP contribution in [-0.4, -0.2) is 22.9 Å². The Labute approximate surface area is 106 Å². The normalized spacial score (nSPS) is 21.1.